The minimum absolute atomic E-state index is 0. The van der Waals surface area contributed by atoms with E-state index in [0.29, 0.717) is 11.3 Å². The van der Waals surface area contributed by atoms with Gasteiger partial charge in [0.05, 0.1) is 23.1 Å². The third kappa shape index (κ3) is 9.20. The maximum atomic E-state index is 12.6. The summed E-state index contributed by atoms with van der Waals surface area (Å²) in [6, 6.07) is 24.9. The van der Waals surface area contributed by atoms with Crippen LogP contribution >= 0.6 is 0 Å². The quantitative estimate of drug-likeness (QED) is 0.351. The van der Waals surface area contributed by atoms with Crippen molar-refractivity contribution in [2.24, 2.45) is 5.92 Å². The SMILES string of the molecule is C.Cc1ccc(S(=O)NCC(O)CC(C)C(=O)NC2c3ccccc3CC2O)cc1.Cc1ccccc1. The Kier molecular flexibility index (Phi) is 12.1. The van der Waals surface area contributed by atoms with Crippen LogP contribution in [0, 0.1) is 19.8 Å². The van der Waals surface area contributed by atoms with Gasteiger partial charge in [0.15, 0.2) is 0 Å². The lowest BCUT2D eigenvalue weighted by Crippen LogP contribution is -2.39. The molecule has 37 heavy (non-hydrogen) atoms. The van der Waals surface area contributed by atoms with Gasteiger partial charge in [0.1, 0.15) is 11.0 Å². The summed E-state index contributed by atoms with van der Waals surface area (Å²) >= 11 is 0. The lowest BCUT2D eigenvalue weighted by atomic mass is 10.0. The smallest absolute Gasteiger partial charge is 0.223 e. The van der Waals surface area contributed by atoms with Gasteiger partial charge in [0.25, 0.3) is 0 Å². The summed E-state index contributed by atoms with van der Waals surface area (Å²) in [7, 11) is -1.41. The monoisotopic (exact) mass is 524 g/mol. The summed E-state index contributed by atoms with van der Waals surface area (Å²) in [6.07, 6.45) is -0.709. The average molecular weight is 525 g/mol. The third-order valence-corrected chi connectivity index (χ3v) is 7.33. The number of carbonyl (C=O) groups excluding carboxylic acids is 1. The van der Waals surface area contributed by atoms with Gasteiger partial charge in [-0.05, 0) is 43.5 Å². The van der Waals surface area contributed by atoms with Crippen molar-refractivity contribution >= 4 is 16.9 Å². The first kappa shape index (κ1) is 30.4. The highest BCUT2D eigenvalue weighted by Gasteiger charge is 2.33. The van der Waals surface area contributed by atoms with E-state index in [4.69, 9.17) is 0 Å². The molecule has 0 fully saturated rings. The van der Waals surface area contributed by atoms with Crippen LogP contribution in [0.3, 0.4) is 0 Å². The van der Waals surface area contributed by atoms with E-state index in [0.717, 1.165) is 16.7 Å². The molecule has 5 unspecified atom stereocenters. The number of aryl methyl sites for hydroxylation is 2. The second-order valence-corrected chi connectivity index (χ2v) is 10.6. The maximum absolute atomic E-state index is 12.6. The molecule has 0 saturated heterocycles. The van der Waals surface area contributed by atoms with Crippen LogP contribution in [0.25, 0.3) is 0 Å². The Bertz CT molecular complexity index is 1140. The Labute approximate surface area is 223 Å². The molecule has 200 valence electrons. The van der Waals surface area contributed by atoms with Crippen LogP contribution < -0.4 is 10.0 Å². The van der Waals surface area contributed by atoms with Gasteiger partial charge in [0.2, 0.25) is 5.91 Å². The topological polar surface area (TPSA) is 98.7 Å². The van der Waals surface area contributed by atoms with Crippen molar-refractivity contribution < 1.29 is 19.2 Å². The van der Waals surface area contributed by atoms with Crippen molar-refractivity contribution in [2.45, 2.75) is 64.2 Å². The lowest BCUT2D eigenvalue weighted by molar-refractivity contribution is -0.127. The van der Waals surface area contributed by atoms with Gasteiger partial charge in [-0.15, -0.1) is 0 Å². The molecular weight excluding hydrogens is 484 g/mol. The van der Waals surface area contributed by atoms with Crippen molar-refractivity contribution in [3.63, 3.8) is 0 Å². The van der Waals surface area contributed by atoms with E-state index in [2.05, 4.69) is 29.1 Å². The third-order valence-electron chi connectivity index (χ3n) is 6.20. The number of rotatable bonds is 8. The normalized spacial score (nSPS) is 18.3. The van der Waals surface area contributed by atoms with Crippen LogP contribution in [-0.4, -0.2) is 39.1 Å². The Hall–Kier alpha value is -2.84. The minimum Gasteiger partial charge on any atom is -0.392 e. The second-order valence-electron chi connectivity index (χ2n) is 9.33. The fourth-order valence-electron chi connectivity index (χ4n) is 4.09. The van der Waals surface area contributed by atoms with Gasteiger partial charge < -0.3 is 15.5 Å². The number of hydrogen-bond acceptors (Lipinski definition) is 4. The fourth-order valence-corrected chi connectivity index (χ4v) is 4.99. The largest absolute Gasteiger partial charge is 0.392 e. The molecule has 5 atom stereocenters. The lowest BCUT2D eigenvalue weighted by Gasteiger charge is -2.22. The molecule has 3 aromatic carbocycles. The number of carbonyl (C=O) groups is 1. The van der Waals surface area contributed by atoms with E-state index in [1.54, 1.807) is 19.1 Å². The number of fused-ring (bicyclic) bond motifs is 1. The zero-order chi connectivity index (χ0) is 26.1. The van der Waals surface area contributed by atoms with Gasteiger partial charge in [-0.2, -0.15) is 0 Å². The molecule has 4 N–H and O–H groups in total. The molecule has 0 bridgehead atoms. The second kappa shape index (κ2) is 14.8. The summed E-state index contributed by atoms with van der Waals surface area (Å²) in [6.45, 7) is 5.90. The number of nitrogens with one attached hydrogen (secondary N) is 2. The van der Waals surface area contributed by atoms with Gasteiger partial charge in [0, 0.05) is 18.9 Å². The first-order valence-corrected chi connectivity index (χ1v) is 13.4. The molecule has 3 aromatic rings. The van der Waals surface area contributed by atoms with Gasteiger partial charge in [-0.25, -0.2) is 8.93 Å². The predicted molar refractivity (Wildman–Crippen MR) is 150 cm³/mol. The highest BCUT2D eigenvalue weighted by Crippen LogP contribution is 2.31. The molecule has 0 saturated carbocycles. The van der Waals surface area contributed by atoms with Crippen LogP contribution in [-0.2, 0) is 22.2 Å². The summed E-state index contributed by atoms with van der Waals surface area (Å²) in [4.78, 5) is 13.2. The molecule has 1 aliphatic rings. The summed E-state index contributed by atoms with van der Waals surface area (Å²) in [5, 5.41) is 23.4. The fraction of sp³-hybridized carbons (Fsp3) is 0.367. The van der Waals surface area contributed by atoms with E-state index in [-0.39, 0.29) is 26.3 Å². The van der Waals surface area contributed by atoms with Crippen molar-refractivity contribution in [2.75, 3.05) is 6.54 Å². The van der Waals surface area contributed by atoms with Gasteiger partial charge in [-0.3, -0.25) is 4.79 Å². The number of amides is 1. The molecule has 0 radical (unpaired) electrons. The zero-order valence-electron chi connectivity index (χ0n) is 21.1. The zero-order valence-corrected chi connectivity index (χ0v) is 21.9. The van der Waals surface area contributed by atoms with Gasteiger partial charge >= 0.3 is 0 Å². The summed E-state index contributed by atoms with van der Waals surface area (Å²) < 4.78 is 15.1. The van der Waals surface area contributed by atoms with Gasteiger partial charge in [-0.1, -0.05) is 92.2 Å². The van der Waals surface area contributed by atoms with E-state index in [9.17, 15) is 19.2 Å². The highest BCUT2D eigenvalue weighted by molar-refractivity contribution is 7.83. The Balaban J connectivity index is 0.000000520. The van der Waals surface area contributed by atoms with Crippen LogP contribution in [0.15, 0.2) is 83.8 Å². The first-order valence-electron chi connectivity index (χ1n) is 12.2. The van der Waals surface area contributed by atoms with E-state index in [1.807, 2.05) is 61.5 Å². The first-order chi connectivity index (χ1) is 17.2. The predicted octanol–water partition coefficient (Wildman–Crippen LogP) is 4.40. The molecule has 0 spiro atoms. The molecule has 4 rings (SSSR count). The highest BCUT2D eigenvalue weighted by atomic mass is 32.2. The minimum atomic E-state index is -1.41. The molecule has 7 heteroatoms. The van der Waals surface area contributed by atoms with E-state index >= 15 is 0 Å². The van der Waals surface area contributed by atoms with Crippen LogP contribution in [0.4, 0.5) is 0 Å². The van der Waals surface area contributed by atoms with Crippen molar-refractivity contribution in [1.82, 2.24) is 10.0 Å². The Morgan fingerprint density at radius 2 is 1.57 bits per heavy atom. The number of hydrogen-bond donors (Lipinski definition) is 4. The molecule has 1 aliphatic carbocycles. The molecule has 0 aromatic heterocycles. The summed E-state index contributed by atoms with van der Waals surface area (Å²) in [5.41, 5.74) is 4.39. The van der Waals surface area contributed by atoms with Crippen LogP contribution in [0.2, 0.25) is 0 Å². The number of aliphatic hydroxyl groups is 2. The Morgan fingerprint density at radius 1 is 0.973 bits per heavy atom. The van der Waals surface area contributed by atoms with Crippen LogP contribution in [0.1, 0.15) is 49.1 Å². The maximum Gasteiger partial charge on any atom is 0.223 e. The van der Waals surface area contributed by atoms with Crippen molar-refractivity contribution in [1.29, 1.82) is 0 Å². The van der Waals surface area contributed by atoms with Crippen LogP contribution in [0.5, 0.6) is 0 Å². The van der Waals surface area contributed by atoms with E-state index in [1.165, 1.54) is 5.56 Å². The number of benzene rings is 3. The summed E-state index contributed by atoms with van der Waals surface area (Å²) in [5.74, 6) is -0.663. The van der Waals surface area contributed by atoms with E-state index < -0.39 is 35.2 Å². The standard InChI is InChI=1S/C22H28N2O4S.C7H8.CH4/c1-14-7-9-18(10-8-14)29(28)23-13-17(25)11-15(2)22(27)24-21-19-6-4-3-5-16(19)12-20(21)26;1-7-5-3-2-4-6-7;/h3-10,15,17,20-21,23,25-26H,11-13H2,1-2H3,(H,24,27);2-6H,1H3;1H4. The number of aliphatic hydroxyl groups excluding tert-OH is 2. The molecular formula is C30H40N2O4S. The molecule has 0 aliphatic heterocycles. The Morgan fingerprint density at radius 3 is 2.19 bits per heavy atom. The average Bonchev–Trinajstić information content (AvgIpc) is 3.18. The molecule has 0 heterocycles. The van der Waals surface area contributed by atoms with Crippen molar-refractivity contribution in [3.8, 4) is 0 Å². The molecule has 1 amide bonds. The van der Waals surface area contributed by atoms with Crippen molar-refractivity contribution in [3.05, 3.63) is 101 Å². The molecule has 6 nitrogen and oxygen atoms in total.